The normalized spacial score (nSPS) is 11.8. The fourth-order valence-corrected chi connectivity index (χ4v) is 1.49. The van der Waals surface area contributed by atoms with Gasteiger partial charge in [-0.2, -0.15) is 5.10 Å². The Kier molecular flexibility index (Phi) is 2.57. The molecule has 2 rings (SSSR count). The first-order valence-electron chi connectivity index (χ1n) is 4.70. The third kappa shape index (κ3) is 1.97. The highest BCUT2D eigenvalue weighted by Gasteiger charge is 2.26. The molecular formula is C9H7BF3N2O2-. The number of halogens is 3. The molecule has 4 nitrogen and oxygen atoms in total. The Balaban J connectivity index is 2.62. The maximum atomic E-state index is 12.6. The molecule has 1 heterocycles. The molecule has 0 atom stereocenters. The molecule has 0 aliphatic rings. The molecule has 17 heavy (non-hydrogen) atoms. The average molecular weight is 243 g/mol. The standard InChI is InChI=1S/C9H7BF3N2O2/c1-17-9(16)8-6-4-5(10(11,12)13)2-3-7(6)14-15-8/h2-4H,1H3,(H,14,15)/q-1. The number of hydrogen-bond donors (Lipinski definition) is 1. The van der Waals surface area contributed by atoms with Crippen molar-refractivity contribution in [2.75, 3.05) is 7.11 Å². The van der Waals surface area contributed by atoms with E-state index in [2.05, 4.69) is 14.9 Å². The number of hydrogen-bond acceptors (Lipinski definition) is 3. The van der Waals surface area contributed by atoms with Crippen LogP contribution in [0.5, 0.6) is 0 Å². The van der Waals surface area contributed by atoms with Gasteiger partial charge in [-0.1, -0.05) is 12.1 Å². The van der Waals surface area contributed by atoms with Gasteiger partial charge in [-0.05, 0) is 6.07 Å². The monoisotopic (exact) mass is 243 g/mol. The second kappa shape index (κ2) is 3.79. The van der Waals surface area contributed by atoms with E-state index in [1.165, 1.54) is 6.07 Å². The number of nitrogens with zero attached hydrogens (tertiary/aromatic N) is 1. The summed E-state index contributed by atoms with van der Waals surface area (Å²) in [6.45, 7) is -5.10. The lowest BCUT2D eigenvalue weighted by Gasteiger charge is -2.14. The first-order valence-corrected chi connectivity index (χ1v) is 4.70. The van der Waals surface area contributed by atoms with Gasteiger partial charge < -0.3 is 17.7 Å². The lowest BCUT2D eigenvalue weighted by Crippen LogP contribution is -2.33. The number of rotatable bonds is 2. The molecule has 0 bridgehead atoms. The minimum atomic E-state index is -5.10. The quantitative estimate of drug-likeness (QED) is 0.640. The number of carbonyl (C=O) groups is 1. The van der Waals surface area contributed by atoms with Crippen LogP contribution >= 0.6 is 0 Å². The van der Waals surface area contributed by atoms with Crippen molar-refractivity contribution in [3.63, 3.8) is 0 Å². The molecule has 0 saturated carbocycles. The predicted molar refractivity (Wildman–Crippen MR) is 56.1 cm³/mol. The number of methoxy groups -OCH3 is 1. The van der Waals surface area contributed by atoms with Gasteiger partial charge in [0.05, 0.1) is 12.6 Å². The van der Waals surface area contributed by atoms with E-state index in [0.717, 1.165) is 19.2 Å². The van der Waals surface area contributed by atoms with E-state index in [1.807, 2.05) is 0 Å². The highest BCUT2D eigenvalue weighted by Crippen LogP contribution is 2.18. The highest BCUT2D eigenvalue weighted by atomic mass is 19.4. The van der Waals surface area contributed by atoms with E-state index < -0.39 is 18.4 Å². The fraction of sp³-hybridized carbons (Fsp3) is 0.111. The van der Waals surface area contributed by atoms with E-state index in [0.29, 0.717) is 5.52 Å². The Morgan fingerprint density at radius 3 is 2.71 bits per heavy atom. The van der Waals surface area contributed by atoms with Crippen molar-refractivity contribution < 1.29 is 22.5 Å². The average Bonchev–Trinajstić information content (AvgIpc) is 2.69. The summed E-state index contributed by atoms with van der Waals surface area (Å²) in [6, 6.07) is 3.08. The zero-order valence-electron chi connectivity index (χ0n) is 8.71. The maximum Gasteiger partial charge on any atom is 0.509 e. The van der Waals surface area contributed by atoms with Crippen molar-refractivity contribution in [3.8, 4) is 0 Å². The molecular weight excluding hydrogens is 236 g/mol. The summed E-state index contributed by atoms with van der Waals surface area (Å²) in [6.07, 6.45) is 0. The number of fused-ring (bicyclic) bond motifs is 1. The van der Waals surface area contributed by atoms with Crippen LogP contribution in [0.3, 0.4) is 0 Å². The molecule has 90 valence electrons. The number of aromatic nitrogens is 2. The summed E-state index contributed by atoms with van der Waals surface area (Å²) in [5.74, 6) is -0.775. The minimum Gasteiger partial charge on any atom is -0.464 e. The number of carbonyl (C=O) groups excluding carboxylic acids is 1. The molecule has 0 radical (unpaired) electrons. The van der Waals surface area contributed by atoms with Crippen molar-refractivity contribution in [2.24, 2.45) is 0 Å². The molecule has 1 N–H and O–H groups in total. The van der Waals surface area contributed by atoms with Crippen LogP contribution in [0.4, 0.5) is 12.9 Å². The van der Waals surface area contributed by atoms with Crippen LogP contribution < -0.4 is 5.46 Å². The fourth-order valence-electron chi connectivity index (χ4n) is 1.49. The number of benzene rings is 1. The lowest BCUT2D eigenvalue weighted by molar-refractivity contribution is 0.0596. The molecule has 8 heteroatoms. The molecule has 0 amide bonds. The molecule has 0 fully saturated rings. The number of H-pyrrole nitrogens is 1. The van der Waals surface area contributed by atoms with Crippen molar-refractivity contribution in [1.29, 1.82) is 0 Å². The summed E-state index contributed by atoms with van der Waals surface area (Å²) in [4.78, 5) is 11.3. The Bertz CT molecular complexity index is 579. The summed E-state index contributed by atoms with van der Waals surface area (Å²) >= 11 is 0. The Hall–Kier alpha value is -1.99. The van der Waals surface area contributed by atoms with Crippen LogP contribution in [-0.4, -0.2) is 30.3 Å². The Morgan fingerprint density at radius 2 is 2.12 bits per heavy atom. The summed E-state index contributed by atoms with van der Waals surface area (Å²) in [5, 5.41) is 6.21. The van der Waals surface area contributed by atoms with Crippen LogP contribution in [0.1, 0.15) is 10.5 Å². The first kappa shape index (κ1) is 11.5. The number of aromatic amines is 1. The zero-order valence-corrected chi connectivity index (χ0v) is 8.71. The van der Waals surface area contributed by atoms with Crippen LogP contribution in [0, 0.1) is 0 Å². The minimum absolute atomic E-state index is 0.105. The van der Waals surface area contributed by atoms with Gasteiger partial charge in [-0.25, -0.2) is 4.79 Å². The van der Waals surface area contributed by atoms with Gasteiger partial charge in [-0.15, -0.1) is 5.46 Å². The molecule has 0 aliphatic carbocycles. The Morgan fingerprint density at radius 1 is 1.41 bits per heavy atom. The maximum absolute atomic E-state index is 12.6. The second-order valence-corrected chi connectivity index (χ2v) is 3.44. The van der Waals surface area contributed by atoms with Gasteiger partial charge >= 0.3 is 12.9 Å². The zero-order chi connectivity index (χ0) is 12.6. The van der Waals surface area contributed by atoms with Crippen LogP contribution in [0.2, 0.25) is 0 Å². The van der Waals surface area contributed by atoms with Gasteiger partial charge in [0, 0.05) is 5.39 Å². The molecule has 1 aromatic heterocycles. The van der Waals surface area contributed by atoms with Crippen molar-refractivity contribution in [3.05, 3.63) is 23.9 Å². The van der Waals surface area contributed by atoms with Crippen LogP contribution in [-0.2, 0) is 4.74 Å². The first-order chi connectivity index (χ1) is 7.93. The van der Waals surface area contributed by atoms with E-state index in [9.17, 15) is 17.7 Å². The van der Waals surface area contributed by atoms with Gasteiger partial charge in [0.15, 0.2) is 5.69 Å². The third-order valence-electron chi connectivity index (χ3n) is 2.34. The number of nitrogens with one attached hydrogen (secondary N) is 1. The van der Waals surface area contributed by atoms with E-state index in [-0.39, 0.29) is 11.1 Å². The van der Waals surface area contributed by atoms with Gasteiger partial charge in [0.2, 0.25) is 0 Å². The van der Waals surface area contributed by atoms with Crippen molar-refractivity contribution >= 4 is 29.3 Å². The van der Waals surface area contributed by atoms with E-state index in [4.69, 9.17) is 0 Å². The third-order valence-corrected chi connectivity index (χ3v) is 2.34. The molecule has 0 saturated heterocycles. The Labute approximate surface area is 93.8 Å². The second-order valence-electron chi connectivity index (χ2n) is 3.44. The van der Waals surface area contributed by atoms with Crippen LogP contribution in [0.25, 0.3) is 10.9 Å². The molecule has 2 aromatic rings. The summed E-state index contributed by atoms with van der Waals surface area (Å²) < 4.78 is 42.1. The summed E-state index contributed by atoms with van der Waals surface area (Å²) in [7, 11) is 1.14. The smallest absolute Gasteiger partial charge is 0.464 e. The van der Waals surface area contributed by atoms with Gasteiger partial charge in [0.25, 0.3) is 0 Å². The predicted octanol–water partition coefficient (Wildman–Crippen LogP) is 1.40. The molecule has 0 unspecified atom stereocenters. The molecule has 0 aliphatic heterocycles. The summed E-state index contributed by atoms with van der Waals surface area (Å²) in [5.41, 5.74) is -0.567. The van der Waals surface area contributed by atoms with Crippen molar-refractivity contribution in [1.82, 2.24) is 10.2 Å². The van der Waals surface area contributed by atoms with Crippen LogP contribution in [0.15, 0.2) is 18.2 Å². The van der Waals surface area contributed by atoms with E-state index in [1.54, 1.807) is 0 Å². The lowest BCUT2D eigenvalue weighted by atomic mass is 9.79. The largest absolute Gasteiger partial charge is 0.509 e. The van der Waals surface area contributed by atoms with Crippen molar-refractivity contribution in [2.45, 2.75) is 0 Å². The SMILES string of the molecule is COC(=O)c1n[nH]c2ccc([B-](F)(F)F)cc12. The number of esters is 1. The van der Waals surface area contributed by atoms with Gasteiger partial charge in [0.1, 0.15) is 0 Å². The van der Waals surface area contributed by atoms with E-state index >= 15 is 0 Å². The van der Waals surface area contributed by atoms with Gasteiger partial charge in [-0.3, -0.25) is 5.10 Å². The molecule has 1 aromatic carbocycles. The molecule has 0 spiro atoms. The topological polar surface area (TPSA) is 55.0 Å². The number of ether oxygens (including phenoxy) is 1. The highest BCUT2D eigenvalue weighted by molar-refractivity contribution is 6.73.